The number of hydrogen-bond donors (Lipinski definition) is 2. The summed E-state index contributed by atoms with van der Waals surface area (Å²) < 4.78 is 30.7. The molecule has 2 N–H and O–H groups in total. The van der Waals surface area contributed by atoms with Crippen LogP contribution in [0.5, 0.6) is 5.75 Å². The van der Waals surface area contributed by atoms with Crippen LogP contribution in [-0.4, -0.2) is 41.9 Å². The van der Waals surface area contributed by atoms with E-state index in [0.29, 0.717) is 16.9 Å². The van der Waals surface area contributed by atoms with E-state index in [9.17, 15) is 23.2 Å². The van der Waals surface area contributed by atoms with Crippen molar-refractivity contribution < 1.29 is 27.9 Å². The van der Waals surface area contributed by atoms with E-state index in [0.717, 1.165) is 16.9 Å². The summed E-state index contributed by atoms with van der Waals surface area (Å²) in [6.07, 6.45) is -2.62. The predicted molar refractivity (Wildman–Crippen MR) is 103 cm³/mol. The minimum Gasteiger partial charge on any atom is -0.497 e. The number of fused-ring (bicyclic) bond motifs is 1. The van der Waals surface area contributed by atoms with Gasteiger partial charge in [-0.05, 0) is 23.8 Å². The zero-order chi connectivity index (χ0) is 21.5. The molecule has 10 heteroatoms. The average molecular weight is 431 g/mol. The molecule has 154 valence electrons. The molecule has 1 atom stereocenters. The number of halogens is 2. The molecular formula is C20H15F2N3O4S. The van der Waals surface area contributed by atoms with Crippen LogP contribution < -0.4 is 15.4 Å². The fourth-order valence-corrected chi connectivity index (χ4v) is 4.01. The molecule has 0 radical (unpaired) electrons. The Bertz CT molecular complexity index is 1120. The largest absolute Gasteiger partial charge is 0.497 e. The van der Waals surface area contributed by atoms with Crippen LogP contribution in [0.1, 0.15) is 32.8 Å². The zero-order valence-electron chi connectivity index (χ0n) is 15.6. The van der Waals surface area contributed by atoms with Crippen LogP contribution in [0.4, 0.5) is 13.6 Å². The van der Waals surface area contributed by atoms with Crippen molar-refractivity contribution in [2.75, 3.05) is 13.7 Å². The quantitative estimate of drug-likeness (QED) is 0.575. The normalized spacial score (nSPS) is 20.0. The van der Waals surface area contributed by atoms with E-state index in [-0.39, 0.29) is 23.9 Å². The predicted octanol–water partition coefficient (Wildman–Crippen LogP) is 2.28. The highest BCUT2D eigenvalue weighted by Crippen LogP contribution is 2.29. The number of nitrogens with one attached hydrogen (secondary N) is 2. The van der Waals surface area contributed by atoms with Crippen molar-refractivity contribution in [1.29, 1.82) is 0 Å². The van der Waals surface area contributed by atoms with Gasteiger partial charge in [-0.15, -0.1) is 11.3 Å². The Hall–Kier alpha value is -3.45. The maximum absolute atomic E-state index is 12.8. The molecule has 0 aliphatic carbocycles. The van der Waals surface area contributed by atoms with E-state index in [1.165, 1.54) is 23.5 Å². The highest BCUT2D eigenvalue weighted by Gasteiger charge is 2.48. The lowest BCUT2D eigenvalue weighted by Gasteiger charge is -2.26. The first-order valence-electron chi connectivity index (χ1n) is 8.81. The first-order valence-corrected chi connectivity index (χ1v) is 9.69. The molecule has 2 aliphatic rings. The van der Waals surface area contributed by atoms with E-state index >= 15 is 0 Å². The molecule has 0 unspecified atom stereocenters. The lowest BCUT2D eigenvalue weighted by Crippen LogP contribution is -2.54. The van der Waals surface area contributed by atoms with Gasteiger partial charge in [0.05, 0.1) is 18.5 Å². The number of nitrogens with zero attached hydrogens (tertiary/aromatic N) is 1. The Morgan fingerprint density at radius 1 is 1.30 bits per heavy atom. The number of thiophene rings is 1. The lowest BCUT2D eigenvalue weighted by atomic mass is 9.99. The molecular weight excluding hydrogens is 416 g/mol. The number of hydrogen-bond acceptors (Lipinski definition) is 5. The highest BCUT2D eigenvalue weighted by molar-refractivity contribution is 7.10. The van der Waals surface area contributed by atoms with Crippen molar-refractivity contribution in [3.63, 3.8) is 0 Å². The first-order chi connectivity index (χ1) is 14.3. The number of ether oxygens (including phenoxy) is 1. The number of amides is 4. The summed E-state index contributed by atoms with van der Waals surface area (Å²) in [5.41, 5.74) is -0.190. The van der Waals surface area contributed by atoms with Gasteiger partial charge in [-0.1, -0.05) is 17.9 Å². The molecule has 4 rings (SSSR count). The number of carbonyl (C=O) groups excluding carboxylic acids is 3. The summed E-state index contributed by atoms with van der Waals surface area (Å²) >= 11 is 0.852. The number of alkyl halides is 2. The van der Waals surface area contributed by atoms with Crippen molar-refractivity contribution in [2.45, 2.75) is 18.5 Å². The average Bonchev–Trinajstić information content (AvgIpc) is 3.38. The van der Waals surface area contributed by atoms with Gasteiger partial charge in [0.2, 0.25) is 5.54 Å². The second-order valence-electron chi connectivity index (χ2n) is 6.79. The molecule has 2 aliphatic heterocycles. The SMILES string of the molecule is COc1ccc2c(c1)C(=O)N(C[C@@]1(C#Cc3csc(C(F)F)c3)NC(=O)NC1=O)C2. The van der Waals surface area contributed by atoms with Crippen LogP contribution >= 0.6 is 11.3 Å². The lowest BCUT2D eigenvalue weighted by molar-refractivity contribution is -0.122. The van der Waals surface area contributed by atoms with Crippen LogP contribution in [0, 0.1) is 11.8 Å². The molecule has 1 saturated heterocycles. The summed E-state index contributed by atoms with van der Waals surface area (Å²) in [5.74, 6) is 4.86. The van der Waals surface area contributed by atoms with Crippen LogP contribution in [0.15, 0.2) is 29.6 Å². The van der Waals surface area contributed by atoms with Gasteiger partial charge in [0.25, 0.3) is 18.2 Å². The zero-order valence-corrected chi connectivity index (χ0v) is 16.4. The third-order valence-corrected chi connectivity index (χ3v) is 5.76. The number of imide groups is 1. The van der Waals surface area contributed by atoms with Gasteiger partial charge in [0.15, 0.2) is 0 Å². The third kappa shape index (κ3) is 3.48. The number of methoxy groups -OCH3 is 1. The molecule has 0 bridgehead atoms. The van der Waals surface area contributed by atoms with Crippen LogP contribution in [0.25, 0.3) is 0 Å². The molecule has 1 aromatic heterocycles. The molecule has 7 nitrogen and oxygen atoms in total. The van der Waals surface area contributed by atoms with Crippen LogP contribution in [0.2, 0.25) is 0 Å². The Morgan fingerprint density at radius 3 is 2.73 bits per heavy atom. The van der Waals surface area contributed by atoms with E-state index < -0.39 is 23.9 Å². The third-order valence-electron chi connectivity index (χ3n) is 4.82. The molecule has 3 heterocycles. The number of rotatable bonds is 4. The minimum absolute atomic E-state index is 0.146. The second kappa shape index (κ2) is 7.42. The van der Waals surface area contributed by atoms with Crippen LogP contribution in [-0.2, 0) is 11.3 Å². The topological polar surface area (TPSA) is 87.7 Å². The second-order valence-corrected chi connectivity index (χ2v) is 7.73. The standard InChI is InChI=1S/C20H15F2N3O4S/c1-29-13-3-2-12-8-25(17(26)14(12)7-13)10-20(18(27)23-19(28)24-20)5-4-11-6-15(16(21)22)30-9-11/h2-3,6-7,9,16H,8,10H2,1H3,(H2,23,24,27,28)/t20-/m1/s1. The van der Waals surface area contributed by atoms with Crippen molar-refractivity contribution in [3.05, 3.63) is 51.2 Å². The van der Waals surface area contributed by atoms with Crippen molar-refractivity contribution in [2.24, 2.45) is 0 Å². The molecule has 2 aromatic rings. The molecule has 0 spiro atoms. The van der Waals surface area contributed by atoms with Gasteiger partial charge in [0.1, 0.15) is 5.75 Å². The fraction of sp³-hybridized carbons (Fsp3) is 0.250. The van der Waals surface area contributed by atoms with Gasteiger partial charge < -0.3 is 15.0 Å². The Morgan fingerprint density at radius 2 is 2.10 bits per heavy atom. The maximum Gasteiger partial charge on any atom is 0.323 e. The van der Waals surface area contributed by atoms with E-state index in [4.69, 9.17) is 4.74 Å². The Balaban J connectivity index is 1.63. The molecule has 0 saturated carbocycles. The maximum atomic E-state index is 12.8. The van der Waals surface area contributed by atoms with Crippen molar-refractivity contribution in [3.8, 4) is 17.6 Å². The van der Waals surface area contributed by atoms with Gasteiger partial charge in [-0.2, -0.15) is 0 Å². The smallest absolute Gasteiger partial charge is 0.323 e. The number of benzene rings is 1. The van der Waals surface area contributed by atoms with Gasteiger partial charge in [0, 0.05) is 23.1 Å². The molecule has 1 fully saturated rings. The summed E-state index contributed by atoms with van der Waals surface area (Å²) in [7, 11) is 1.49. The van der Waals surface area contributed by atoms with Gasteiger partial charge >= 0.3 is 6.03 Å². The first kappa shape index (κ1) is 19.8. The highest BCUT2D eigenvalue weighted by atomic mass is 32.1. The van der Waals surface area contributed by atoms with E-state index in [1.54, 1.807) is 18.2 Å². The monoisotopic (exact) mass is 431 g/mol. The summed E-state index contributed by atoms with van der Waals surface area (Å²) in [5, 5.41) is 6.05. The van der Waals surface area contributed by atoms with Crippen molar-refractivity contribution >= 4 is 29.2 Å². The molecule has 1 aromatic carbocycles. The van der Waals surface area contributed by atoms with Crippen molar-refractivity contribution in [1.82, 2.24) is 15.5 Å². The number of urea groups is 1. The van der Waals surface area contributed by atoms with E-state index in [2.05, 4.69) is 22.5 Å². The molecule has 30 heavy (non-hydrogen) atoms. The van der Waals surface area contributed by atoms with Gasteiger partial charge in [-0.25, -0.2) is 13.6 Å². The Labute approximate surface area is 174 Å². The molecule has 4 amide bonds. The fourth-order valence-electron chi connectivity index (χ4n) is 3.32. The summed E-state index contributed by atoms with van der Waals surface area (Å²) in [6, 6.07) is 5.59. The van der Waals surface area contributed by atoms with Gasteiger partial charge in [-0.3, -0.25) is 14.9 Å². The van der Waals surface area contributed by atoms with E-state index in [1.807, 2.05) is 0 Å². The minimum atomic E-state index is -2.62. The summed E-state index contributed by atoms with van der Waals surface area (Å²) in [6.45, 7) is 0.0396. The summed E-state index contributed by atoms with van der Waals surface area (Å²) in [4.78, 5) is 38.4. The Kier molecular flexibility index (Phi) is 4.91. The van der Waals surface area contributed by atoms with Crippen LogP contribution in [0.3, 0.4) is 0 Å². The number of carbonyl (C=O) groups is 3.